The lowest BCUT2D eigenvalue weighted by molar-refractivity contribution is -0.857. The third-order valence-electron chi connectivity index (χ3n) is 3.32. The third-order valence-corrected chi connectivity index (χ3v) is 4.20. The maximum atomic E-state index is 12.2. The van der Waals surface area contributed by atoms with E-state index in [2.05, 4.69) is 10.3 Å². The zero-order chi connectivity index (χ0) is 15.4. The molecule has 0 spiro atoms. The van der Waals surface area contributed by atoms with Crippen molar-refractivity contribution >= 4 is 28.3 Å². The Morgan fingerprint density at radius 1 is 1.48 bits per heavy atom. The van der Waals surface area contributed by atoms with Crippen LogP contribution in [0.25, 0.3) is 0 Å². The first-order valence-electron chi connectivity index (χ1n) is 7.25. The highest BCUT2D eigenvalue weighted by atomic mass is 32.1. The summed E-state index contributed by atoms with van der Waals surface area (Å²) in [6.45, 7) is 3.44. The van der Waals surface area contributed by atoms with Crippen LogP contribution in [0.15, 0.2) is 5.38 Å². The number of hydrogen-bond acceptors (Lipinski definition) is 4. The molecule has 0 atom stereocenters. The second-order valence-electron chi connectivity index (χ2n) is 5.83. The molecule has 0 saturated heterocycles. The Labute approximate surface area is 129 Å². The van der Waals surface area contributed by atoms with Crippen LogP contribution < -0.4 is 10.2 Å². The predicted octanol–water partition coefficient (Wildman–Crippen LogP) is -0.227. The van der Waals surface area contributed by atoms with Crippen molar-refractivity contribution in [2.75, 3.05) is 39.0 Å². The normalized spacial score (nSPS) is 14.3. The van der Waals surface area contributed by atoms with Gasteiger partial charge in [-0.25, -0.2) is 4.98 Å². The highest BCUT2D eigenvalue weighted by molar-refractivity contribution is 7.13. The standard InChI is InChI=1S/C14H22N4O2S/c1-10-9-21-14(15-10)16-12(19)8-18(7-6-17(2)3)13(20)11-4-5-11/h9,11H,4-8H2,1-3H3,(H,15,16,19)/p+1. The molecule has 6 nitrogen and oxygen atoms in total. The Morgan fingerprint density at radius 3 is 2.71 bits per heavy atom. The van der Waals surface area contributed by atoms with Gasteiger partial charge in [0.2, 0.25) is 11.8 Å². The van der Waals surface area contributed by atoms with Gasteiger partial charge in [0.15, 0.2) is 5.13 Å². The van der Waals surface area contributed by atoms with Crippen LogP contribution in [0.5, 0.6) is 0 Å². The van der Waals surface area contributed by atoms with Crippen molar-refractivity contribution in [2.45, 2.75) is 19.8 Å². The number of anilines is 1. The molecular weight excluding hydrogens is 288 g/mol. The molecule has 116 valence electrons. The SMILES string of the molecule is Cc1csc(NC(=O)CN(CC[NH+](C)C)C(=O)C2CC2)n1. The van der Waals surface area contributed by atoms with E-state index in [0.717, 1.165) is 25.1 Å². The summed E-state index contributed by atoms with van der Waals surface area (Å²) in [6, 6.07) is 0. The highest BCUT2D eigenvalue weighted by Gasteiger charge is 2.34. The molecule has 21 heavy (non-hydrogen) atoms. The fourth-order valence-corrected chi connectivity index (χ4v) is 2.66. The first-order chi connectivity index (χ1) is 9.95. The number of quaternary nitrogens is 1. The predicted molar refractivity (Wildman–Crippen MR) is 82.5 cm³/mol. The van der Waals surface area contributed by atoms with Crippen LogP contribution in [-0.2, 0) is 9.59 Å². The largest absolute Gasteiger partial charge is 0.338 e. The number of carbonyl (C=O) groups is 2. The van der Waals surface area contributed by atoms with Crippen LogP contribution in [0.3, 0.4) is 0 Å². The van der Waals surface area contributed by atoms with E-state index in [1.165, 1.54) is 16.2 Å². The molecule has 1 aromatic heterocycles. The van der Waals surface area contributed by atoms with Crippen LogP contribution in [0, 0.1) is 12.8 Å². The number of amides is 2. The minimum absolute atomic E-state index is 0.112. The fourth-order valence-electron chi connectivity index (χ4n) is 1.96. The molecule has 7 heteroatoms. The number of nitrogens with one attached hydrogen (secondary N) is 2. The van der Waals surface area contributed by atoms with Gasteiger partial charge in [-0.1, -0.05) is 0 Å². The van der Waals surface area contributed by atoms with Gasteiger partial charge in [0.05, 0.1) is 32.9 Å². The van der Waals surface area contributed by atoms with Gasteiger partial charge in [-0.2, -0.15) is 0 Å². The summed E-state index contributed by atoms with van der Waals surface area (Å²) in [4.78, 5) is 31.5. The van der Waals surface area contributed by atoms with Gasteiger partial charge in [0, 0.05) is 11.3 Å². The summed E-state index contributed by atoms with van der Waals surface area (Å²) in [5.74, 6) is 0.0749. The second kappa shape index (κ2) is 7.00. The Balaban J connectivity index is 1.89. The number of hydrogen-bond donors (Lipinski definition) is 2. The van der Waals surface area contributed by atoms with E-state index in [4.69, 9.17) is 0 Å². The molecule has 2 N–H and O–H groups in total. The third kappa shape index (κ3) is 5.09. The maximum Gasteiger partial charge on any atom is 0.245 e. The lowest BCUT2D eigenvalue weighted by Crippen LogP contribution is -3.06. The van der Waals surface area contributed by atoms with Crippen molar-refractivity contribution in [1.82, 2.24) is 9.88 Å². The molecule has 1 heterocycles. The Hall–Kier alpha value is -1.47. The van der Waals surface area contributed by atoms with Crippen molar-refractivity contribution in [2.24, 2.45) is 5.92 Å². The van der Waals surface area contributed by atoms with Gasteiger partial charge in [-0.3, -0.25) is 9.59 Å². The molecule has 0 unspecified atom stereocenters. The Bertz CT molecular complexity index is 511. The first kappa shape index (κ1) is 15.9. The molecule has 0 bridgehead atoms. The van der Waals surface area contributed by atoms with E-state index >= 15 is 0 Å². The van der Waals surface area contributed by atoms with Crippen LogP contribution in [0.2, 0.25) is 0 Å². The smallest absolute Gasteiger partial charge is 0.245 e. The van der Waals surface area contributed by atoms with Crippen LogP contribution >= 0.6 is 11.3 Å². The maximum absolute atomic E-state index is 12.2. The van der Waals surface area contributed by atoms with Crippen LogP contribution in [-0.4, -0.2) is 55.4 Å². The van der Waals surface area contributed by atoms with Crippen LogP contribution in [0.4, 0.5) is 5.13 Å². The topological polar surface area (TPSA) is 66.7 Å². The van der Waals surface area contributed by atoms with Gasteiger partial charge < -0.3 is 15.1 Å². The van der Waals surface area contributed by atoms with Crippen molar-refractivity contribution in [3.8, 4) is 0 Å². The van der Waals surface area contributed by atoms with Gasteiger partial charge in [-0.05, 0) is 19.8 Å². The number of thiazole rings is 1. The average molecular weight is 311 g/mol. The number of likely N-dealkylation sites (N-methyl/N-ethyl adjacent to an activating group) is 1. The lowest BCUT2D eigenvalue weighted by Gasteiger charge is -2.22. The zero-order valence-corrected chi connectivity index (χ0v) is 13.6. The van der Waals surface area contributed by atoms with Gasteiger partial charge in [0.25, 0.3) is 0 Å². The number of aryl methyl sites for hydroxylation is 1. The summed E-state index contributed by atoms with van der Waals surface area (Å²) < 4.78 is 0. The first-order valence-corrected chi connectivity index (χ1v) is 8.13. The zero-order valence-electron chi connectivity index (χ0n) is 12.8. The Kier molecular flexibility index (Phi) is 5.30. The van der Waals surface area contributed by atoms with Crippen LogP contribution in [0.1, 0.15) is 18.5 Å². The number of carbonyl (C=O) groups excluding carboxylic acids is 2. The molecule has 1 saturated carbocycles. The molecule has 1 aliphatic carbocycles. The summed E-state index contributed by atoms with van der Waals surface area (Å²) in [5.41, 5.74) is 0.887. The number of rotatable bonds is 7. The Morgan fingerprint density at radius 2 is 2.19 bits per heavy atom. The van der Waals surface area contributed by atoms with E-state index in [1.807, 2.05) is 26.4 Å². The quantitative estimate of drug-likeness (QED) is 0.731. The molecule has 0 radical (unpaired) electrons. The average Bonchev–Trinajstić information content (AvgIpc) is 3.18. The van der Waals surface area contributed by atoms with Crippen molar-refractivity contribution in [3.05, 3.63) is 11.1 Å². The molecule has 1 aromatic rings. The van der Waals surface area contributed by atoms with Crippen molar-refractivity contribution in [3.63, 3.8) is 0 Å². The fraction of sp³-hybridized carbons (Fsp3) is 0.643. The van der Waals surface area contributed by atoms with E-state index in [-0.39, 0.29) is 24.3 Å². The molecule has 2 rings (SSSR count). The molecule has 1 fully saturated rings. The lowest BCUT2D eigenvalue weighted by atomic mass is 10.3. The summed E-state index contributed by atoms with van der Waals surface area (Å²) in [7, 11) is 4.08. The van der Waals surface area contributed by atoms with E-state index in [9.17, 15) is 9.59 Å². The van der Waals surface area contributed by atoms with E-state index in [0.29, 0.717) is 11.7 Å². The molecular formula is C14H23N4O2S+. The summed E-state index contributed by atoms with van der Waals surface area (Å²) in [6.07, 6.45) is 1.91. The second-order valence-corrected chi connectivity index (χ2v) is 6.69. The molecule has 2 amide bonds. The van der Waals surface area contributed by atoms with Gasteiger partial charge >= 0.3 is 0 Å². The monoisotopic (exact) mass is 311 g/mol. The number of aromatic nitrogens is 1. The number of nitrogens with zero attached hydrogens (tertiary/aromatic N) is 2. The van der Waals surface area contributed by atoms with Crippen molar-refractivity contribution < 1.29 is 14.5 Å². The minimum Gasteiger partial charge on any atom is -0.338 e. The van der Waals surface area contributed by atoms with E-state index < -0.39 is 0 Å². The van der Waals surface area contributed by atoms with Gasteiger partial charge in [-0.15, -0.1) is 11.3 Å². The summed E-state index contributed by atoms with van der Waals surface area (Å²) in [5, 5.41) is 5.24. The summed E-state index contributed by atoms with van der Waals surface area (Å²) >= 11 is 1.40. The van der Waals surface area contributed by atoms with E-state index in [1.54, 1.807) is 4.90 Å². The molecule has 1 aliphatic rings. The molecule has 0 aromatic carbocycles. The van der Waals surface area contributed by atoms with Crippen molar-refractivity contribution in [1.29, 1.82) is 0 Å². The molecule has 0 aliphatic heterocycles. The highest BCUT2D eigenvalue weighted by Crippen LogP contribution is 2.30. The minimum atomic E-state index is -0.174. The van der Waals surface area contributed by atoms with Gasteiger partial charge in [0.1, 0.15) is 6.54 Å².